The molecule has 1 aromatic carbocycles. The van der Waals surface area contributed by atoms with Gasteiger partial charge >= 0.3 is 0 Å². The van der Waals surface area contributed by atoms with E-state index in [2.05, 4.69) is 18.8 Å². The van der Waals surface area contributed by atoms with Gasteiger partial charge in [0.25, 0.3) is 5.91 Å². The van der Waals surface area contributed by atoms with Crippen molar-refractivity contribution in [3.63, 3.8) is 0 Å². The van der Waals surface area contributed by atoms with Crippen molar-refractivity contribution >= 4 is 38.4 Å². The van der Waals surface area contributed by atoms with Crippen molar-refractivity contribution in [1.82, 2.24) is 0 Å². The fourth-order valence-electron chi connectivity index (χ4n) is 3.15. The summed E-state index contributed by atoms with van der Waals surface area (Å²) < 4.78 is 28.9. The lowest BCUT2D eigenvalue weighted by atomic mass is 10.0. The predicted molar refractivity (Wildman–Crippen MR) is 101 cm³/mol. The number of hydrogen-bond acceptors (Lipinski definition) is 5. The van der Waals surface area contributed by atoms with Gasteiger partial charge in [0, 0.05) is 18.0 Å². The molecule has 2 aliphatic heterocycles. The molecule has 0 spiro atoms. The van der Waals surface area contributed by atoms with Crippen molar-refractivity contribution in [2.45, 2.75) is 31.1 Å². The number of carbonyl (C=O) groups excluding carboxylic acids is 1. The lowest BCUT2D eigenvalue weighted by Gasteiger charge is -2.25. The molecule has 0 radical (unpaired) electrons. The second-order valence-corrected chi connectivity index (χ2v) is 10.00. The Labute approximate surface area is 152 Å². The fourth-order valence-corrected chi connectivity index (χ4v) is 7.08. The number of amidine groups is 1. The minimum atomic E-state index is -3.06. The summed E-state index contributed by atoms with van der Waals surface area (Å²) in [4.78, 5) is 18.0. The van der Waals surface area contributed by atoms with E-state index < -0.39 is 9.84 Å². The van der Waals surface area contributed by atoms with Crippen molar-refractivity contribution in [1.29, 1.82) is 0 Å². The van der Waals surface area contributed by atoms with Gasteiger partial charge in [-0.15, -0.1) is 0 Å². The molecule has 2 fully saturated rings. The topological polar surface area (TPSA) is 76.0 Å². The predicted octanol–water partition coefficient (Wildman–Crippen LogP) is 2.06. The molecule has 25 heavy (non-hydrogen) atoms. The summed E-state index contributed by atoms with van der Waals surface area (Å²) in [6.45, 7) is 4.16. The summed E-state index contributed by atoms with van der Waals surface area (Å²) in [6.07, 6.45) is 0. The zero-order valence-electron chi connectivity index (χ0n) is 14.5. The van der Waals surface area contributed by atoms with Crippen molar-refractivity contribution in [3.05, 3.63) is 29.8 Å². The summed E-state index contributed by atoms with van der Waals surface area (Å²) in [5, 5.41) is 0.466. The molecular formula is C17H22N2O4S2. The lowest BCUT2D eigenvalue weighted by molar-refractivity contribution is -0.121. The largest absolute Gasteiger partial charge is 0.375 e. The molecule has 2 atom stereocenters. The van der Waals surface area contributed by atoms with Crippen LogP contribution in [0.4, 0.5) is 5.69 Å². The lowest BCUT2D eigenvalue weighted by Crippen LogP contribution is -2.37. The van der Waals surface area contributed by atoms with Crippen LogP contribution in [0.5, 0.6) is 0 Å². The molecule has 0 aliphatic carbocycles. The van der Waals surface area contributed by atoms with Gasteiger partial charge in [0.1, 0.15) is 6.61 Å². The van der Waals surface area contributed by atoms with E-state index in [4.69, 9.17) is 4.74 Å². The van der Waals surface area contributed by atoms with Gasteiger partial charge in [0.15, 0.2) is 15.0 Å². The molecule has 8 heteroatoms. The van der Waals surface area contributed by atoms with E-state index in [1.165, 1.54) is 24.4 Å². The number of amides is 1. The van der Waals surface area contributed by atoms with Crippen LogP contribution in [-0.4, -0.2) is 56.0 Å². The van der Waals surface area contributed by atoms with Gasteiger partial charge in [-0.25, -0.2) is 8.42 Å². The van der Waals surface area contributed by atoms with Gasteiger partial charge in [-0.1, -0.05) is 37.7 Å². The minimum Gasteiger partial charge on any atom is -0.375 e. The number of hydrogen-bond donors (Lipinski definition) is 0. The maximum Gasteiger partial charge on any atom is 0.274 e. The number of fused-ring (bicyclic) bond motifs is 1. The normalized spacial score (nSPS) is 26.4. The number of sulfone groups is 1. The molecule has 2 saturated heterocycles. The average Bonchev–Trinajstić information content (AvgIpc) is 2.98. The third-order valence-corrected chi connectivity index (χ3v) is 7.60. The first kappa shape index (κ1) is 18.4. The molecule has 3 rings (SSSR count). The van der Waals surface area contributed by atoms with Crippen LogP contribution >= 0.6 is 11.8 Å². The molecule has 0 saturated carbocycles. The number of ether oxygens (including phenoxy) is 1. The Morgan fingerprint density at radius 3 is 2.60 bits per heavy atom. The second kappa shape index (κ2) is 7.09. The van der Waals surface area contributed by atoms with Crippen LogP contribution in [0.2, 0.25) is 0 Å². The molecule has 1 aromatic rings. The van der Waals surface area contributed by atoms with Crippen LogP contribution < -0.4 is 4.90 Å². The van der Waals surface area contributed by atoms with E-state index in [-0.39, 0.29) is 35.3 Å². The van der Waals surface area contributed by atoms with E-state index in [0.717, 1.165) is 5.69 Å². The van der Waals surface area contributed by atoms with Gasteiger partial charge in [0.2, 0.25) is 0 Å². The standard InChI is InChI=1S/C17H22N2O4S2/c1-11(2)12-4-6-13(7-5-12)19-14-9-25(21,22)10-15(14)24-17(19)18-16(20)8-23-3/h4-7,11,14-15H,8-10H2,1-3H3/t14-,15+/m1/s1. The van der Waals surface area contributed by atoms with E-state index >= 15 is 0 Å². The van der Waals surface area contributed by atoms with Gasteiger partial charge in [-0.2, -0.15) is 4.99 Å². The molecule has 0 aromatic heterocycles. The van der Waals surface area contributed by atoms with Crippen LogP contribution in [-0.2, 0) is 19.4 Å². The van der Waals surface area contributed by atoms with E-state index in [1.807, 2.05) is 29.2 Å². The summed E-state index contributed by atoms with van der Waals surface area (Å²) in [7, 11) is -1.61. The summed E-state index contributed by atoms with van der Waals surface area (Å²) >= 11 is 1.37. The van der Waals surface area contributed by atoms with Crippen molar-refractivity contribution < 1.29 is 17.9 Å². The smallest absolute Gasteiger partial charge is 0.274 e. The summed E-state index contributed by atoms with van der Waals surface area (Å²) in [5.74, 6) is 0.267. The van der Waals surface area contributed by atoms with Crippen molar-refractivity contribution in [2.75, 3.05) is 30.1 Å². The first-order valence-electron chi connectivity index (χ1n) is 8.17. The summed E-state index contributed by atoms with van der Waals surface area (Å²) in [5.41, 5.74) is 2.07. The molecular weight excluding hydrogens is 360 g/mol. The third-order valence-electron chi connectivity index (χ3n) is 4.39. The number of aliphatic imine (C=N–C) groups is 1. The Balaban J connectivity index is 1.96. The SMILES string of the molecule is COCC(=O)N=C1S[C@H]2CS(=O)(=O)C[C@H]2N1c1ccc(C(C)C)cc1. The number of thioether (sulfide) groups is 1. The number of nitrogens with zero attached hydrogens (tertiary/aromatic N) is 2. The maximum atomic E-state index is 12.0. The molecule has 6 nitrogen and oxygen atoms in total. The van der Waals surface area contributed by atoms with Gasteiger partial charge in [0.05, 0.1) is 17.5 Å². The quantitative estimate of drug-likeness (QED) is 0.793. The monoisotopic (exact) mass is 382 g/mol. The maximum absolute atomic E-state index is 12.0. The Morgan fingerprint density at radius 1 is 1.32 bits per heavy atom. The fraction of sp³-hybridized carbons (Fsp3) is 0.529. The number of rotatable bonds is 4. The molecule has 0 N–H and O–H groups in total. The molecule has 0 unspecified atom stereocenters. The highest BCUT2D eigenvalue weighted by atomic mass is 32.2. The first-order valence-corrected chi connectivity index (χ1v) is 10.9. The minimum absolute atomic E-state index is 0.0855. The second-order valence-electron chi connectivity index (χ2n) is 6.64. The van der Waals surface area contributed by atoms with Crippen LogP contribution in [0.3, 0.4) is 0 Å². The van der Waals surface area contributed by atoms with Crippen molar-refractivity contribution in [3.8, 4) is 0 Å². The number of methoxy groups -OCH3 is 1. The van der Waals surface area contributed by atoms with E-state index in [9.17, 15) is 13.2 Å². The highest BCUT2D eigenvalue weighted by Gasteiger charge is 2.49. The zero-order valence-corrected chi connectivity index (χ0v) is 16.1. The van der Waals surface area contributed by atoms with Crippen LogP contribution in [0.25, 0.3) is 0 Å². The van der Waals surface area contributed by atoms with Crippen LogP contribution in [0, 0.1) is 0 Å². The van der Waals surface area contributed by atoms with Crippen molar-refractivity contribution in [2.24, 2.45) is 4.99 Å². The van der Waals surface area contributed by atoms with Crippen LogP contribution in [0.15, 0.2) is 29.3 Å². The average molecular weight is 383 g/mol. The Kier molecular flexibility index (Phi) is 5.22. The van der Waals surface area contributed by atoms with Gasteiger partial charge in [-0.3, -0.25) is 4.79 Å². The van der Waals surface area contributed by atoms with Crippen LogP contribution in [0.1, 0.15) is 25.3 Å². The molecule has 2 aliphatic rings. The Hall–Kier alpha value is -1.38. The number of carbonyl (C=O) groups is 1. The Bertz CT molecular complexity index is 787. The zero-order chi connectivity index (χ0) is 18.2. The van der Waals surface area contributed by atoms with Gasteiger partial charge in [-0.05, 0) is 23.6 Å². The molecule has 1 amide bonds. The highest BCUT2D eigenvalue weighted by Crippen LogP contribution is 2.41. The van der Waals surface area contributed by atoms with Gasteiger partial charge < -0.3 is 9.64 Å². The molecule has 2 heterocycles. The first-order chi connectivity index (χ1) is 11.8. The van der Waals surface area contributed by atoms with E-state index in [0.29, 0.717) is 11.1 Å². The number of benzene rings is 1. The molecule has 0 bridgehead atoms. The Morgan fingerprint density at radius 2 is 2.00 bits per heavy atom. The molecule has 136 valence electrons. The third kappa shape index (κ3) is 3.91. The van der Waals surface area contributed by atoms with E-state index in [1.54, 1.807) is 0 Å². The highest BCUT2D eigenvalue weighted by molar-refractivity contribution is 8.16. The summed E-state index contributed by atoms with van der Waals surface area (Å²) in [6, 6.07) is 7.83. The number of anilines is 1.